The summed E-state index contributed by atoms with van der Waals surface area (Å²) < 4.78 is 0. The molecule has 1 aromatic heterocycles. The summed E-state index contributed by atoms with van der Waals surface area (Å²) in [6, 6.07) is 2.51. The summed E-state index contributed by atoms with van der Waals surface area (Å²) in [6.45, 7) is 4.13. The van der Waals surface area contributed by atoms with Crippen LogP contribution in [0.2, 0.25) is 0 Å². The summed E-state index contributed by atoms with van der Waals surface area (Å²) in [6.07, 6.45) is 2.85. The molecule has 2 nitrogen and oxygen atoms in total. The SMILES string of the molecule is CC(CNC(CN)c1ccsc1)C1CC1. The molecule has 2 unspecified atom stereocenters. The topological polar surface area (TPSA) is 38.0 Å². The lowest BCUT2D eigenvalue weighted by atomic mass is 10.1. The van der Waals surface area contributed by atoms with E-state index in [2.05, 4.69) is 29.1 Å². The van der Waals surface area contributed by atoms with E-state index in [1.165, 1.54) is 18.4 Å². The molecule has 0 saturated heterocycles. The van der Waals surface area contributed by atoms with Gasteiger partial charge in [0, 0.05) is 12.6 Å². The van der Waals surface area contributed by atoms with Crippen molar-refractivity contribution in [3.05, 3.63) is 22.4 Å². The third-order valence-corrected chi connectivity index (χ3v) is 4.00. The van der Waals surface area contributed by atoms with Gasteiger partial charge < -0.3 is 11.1 Å². The van der Waals surface area contributed by atoms with Crippen molar-refractivity contribution in [1.82, 2.24) is 5.32 Å². The monoisotopic (exact) mass is 224 g/mol. The normalized spacial score (nSPS) is 20.1. The van der Waals surface area contributed by atoms with Crippen molar-refractivity contribution in [2.45, 2.75) is 25.8 Å². The van der Waals surface area contributed by atoms with Gasteiger partial charge in [-0.15, -0.1) is 0 Å². The molecule has 0 bridgehead atoms. The number of thiophene rings is 1. The molecular weight excluding hydrogens is 204 g/mol. The van der Waals surface area contributed by atoms with Gasteiger partial charge in [0.15, 0.2) is 0 Å². The van der Waals surface area contributed by atoms with Crippen molar-refractivity contribution in [1.29, 1.82) is 0 Å². The van der Waals surface area contributed by atoms with E-state index in [0.717, 1.165) is 18.4 Å². The minimum atomic E-state index is 0.345. The molecule has 0 aliphatic heterocycles. The van der Waals surface area contributed by atoms with Gasteiger partial charge in [0.1, 0.15) is 0 Å². The first-order valence-electron chi connectivity index (χ1n) is 5.76. The summed E-state index contributed by atoms with van der Waals surface area (Å²) in [5, 5.41) is 7.88. The Morgan fingerprint density at radius 3 is 2.93 bits per heavy atom. The van der Waals surface area contributed by atoms with E-state index >= 15 is 0 Å². The Morgan fingerprint density at radius 2 is 2.40 bits per heavy atom. The van der Waals surface area contributed by atoms with E-state index in [-0.39, 0.29) is 0 Å². The van der Waals surface area contributed by atoms with Gasteiger partial charge in [0.25, 0.3) is 0 Å². The number of rotatable bonds is 6. The molecule has 0 radical (unpaired) electrons. The van der Waals surface area contributed by atoms with Crippen LogP contribution >= 0.6 is 11.3 Å². The van der Waals surface area contributed by atoms with Gasteiger partial charge >= 0.3 is 0 Å². The van der Waals surface area contributed by atoms with Crippen molar-refractivity contribution in [2.75, 3.05) is 13.1 Å². The van der Waals surface area contributed by atoms with Crippen LogP contribution in [0.15, 0.2) is 16.8 Å². The molecule has 2 atom stereocenters. The van der Waals surface area contributed by atoms with Crippen LogP contribution in [0.3, 0.4) is 0 Å². The molecule has 1 aromatic rings. The zero-order valence-electron chi connectivity index (χ0n) is 9.28. The summed E-state index contributed by atoms with van der Waals surface area (Å²) >= 11 is 1.74. The maximum absolute atomic E-state index is 5.78. The van der Waals surface area contributed by atoms with Crippen molar-refractivity contribution in [3.63, 3.8) is 0 Å². The summed E-state index contributed by atoms with van der Waals surface area (Å²) in [4.78, 5) is 0. The second kappa shape index (κ2) is 5.10. The van der Waals surface area contributed by atoms with Crippen LogP contribution in [0, 0.1) is 11.8 Å². The maximum atomic E-state index is 5.78. The maximum Gasteiger partial charge on any atom is 0.0452 e. The third kappa shape index (κ3) is 3.03. The predicted molar refractivity (Wildman–Crippen MR) is 66.0 cm³/mol. The smallest absolute Gasteiger partial charge is 0.0452 e. The largest absolute Gasteiger partial charge is 0.329 e. The standard InChI is InChI=1S/C12H20N2S/c1-9(10-2-3-10)7-14-12(6-13)11-4-5-15-8-11/h4-5,8-10,12,14H,2-3,6-7,13H2,1H3. The Morgan fingerprint density at radius 1 is 1.60 bits per heavy atom. The van der Waals surface area contributed by atoms with E-state index in [1.807, 2.05) is 0 Å². The molecular formula is C12H20N2S. The van der Waals surface area contributed by atoms with Crippen LogP contribution in [0.1, 0.15) is 31.4 Å². The Hall–Kier alpha value is -0.380. The van der Waals surface area contributed by atoms with E-state index in [9.17, 15) is 0 Å². The molecule has 0 spiro atoms. The van der Waals surface area contributed by atoms with Crippen molar-refractivity contribution < 1.29 is 0 Å². The Balaban J connectivity index is 1.80. The lowest BCUT2D eigenvalue weighted by molar-refractivity contribution is 0.423. The van der Waals surface area contributed by atoms with Crippen LogP contribution in [-0.2, 0) is 0 Å². The third-order valence-electron chi connectivity index (χ3n) is 3.29. The molecule has 0 aromatic carbocycles. The van der Waals surface area contributed by atoms with Crippen LogP contribution in [0.5, 0.6) is 0 Å². The fraction of sp³-hybridized carbons (Fsp3) is 0.667. The lowest BCUT2D eigenvalue weighted by Crippen LogP contribution is -2.31. The second-order valence-electron chi connectivity index (χ2n) is 4.57. The minimum Gasteiger partial charge on any atom is -0.329 e. The molecule has 1 heterocycles. The summed E-state index contributed by atoms with van der Waals surface area (Å²) in [5.41, 5.74) is 7.12. The summed E-state index contributed by atoms with van der Waals surface area (Å²) in [7, 11) is 0. The Kier molecular flexibility index (Phi) is 3.78. The second-order valence-corrected chi connectivity index (χ2v) is 5.35. The molecule has 0 amide bonds. The van der Waals surface area contributed by atoms with Crippen LogP contribution in [0.25, 0.3) is 0 Å². The first-order valence-corrected chi connectivity index (χ1v) is 6.71. The van der Waals surface area contributed by atoms with Gasteiger partial charge in [-0.2, -0.15) is 11.3 Å². The average Bonchev–Trinajstić information content (AvgIpc) is 2.97. The number of nitrogens with one attached hydrogen (secondary N) is 1. The highest BCUT2D eigenvalue weighted by atomic mass is 32.1. The number of hydrogen-bond acceptors (Lipinski definition) is 3. The fourth-order valence-corrected chi connectivity index (χ4v) is 2.68. The first-order chi connectivity index (χ1) is 7.31. The quantitative estimate of drug-likeness (QED) is 0.778. The highest BCUT2D eigenvalue weighted by Crippen LogP contribution is 2.36. The highest BCUT2D eigenvalue weighted by Gasteiger charge is 2.27. The summed E-state index contributed by atoms with van der Waals surface area (Å²) in [5.74, 6) is 1.77. The molecule has 1 aliphatic carbocycles. The average molecular weight is 224 g/mol. The van der Waals surface area contributed by atoms with E-state index < -0.39 is 0 Å². The molecule has 2 rings (SSSR count). The van der Waals surface area contributed by atoms with Crippen LogP contribution in [-0.4, -0.2) is 13.1 Å². The lowest BCUT2D eigenvalue weighted by Gasteiger charge is -2.19. The first kappa shape index (κ1) is 11.1. The molecule has 84 valence electrons. The van der Waals surface area contributed by atoms with Gasteiger partial charge in [0.2, 0.25) is 0 Å². The van der Waals surface area contributed by atoms with E-state index in [1.54, 1.807) is 11.3 Å². The highest BCUT2D eigenvalue weighted by molar-refractivity contribution is 7.07. The molecule has 1 aliphatic rings. The van der Waals surface area contributed by atoms with Crippen LogP contribution in [0.4, 0.5) is 0 Å². The van der Waals surface area contributed by atoms with E-state index in [4.69, 9.17) is 5.73 Å². The fourth-order valence-electron chi connectivity index (χ4n) is 1.97. The Labute approximate surface area is 95.9 Å². The van der Waals surface area contributed by atoms with Crippen molar-refractivity contribution in [2.24, 2.45) is 17.6 Å². The van der Waals surface area contributed by atoms with Gasteiger partial charge in [-0.05, 0) is 53.6 Å². The molecule has 1 saturated carbocycles. The Bertz CT molecular complexity index is 280. The molecule has 1 fully saturated rings. The van der Waals surface area contributed by atoms with Gasteiger partial charge in [-0.25, -0.2) is 0 Å². The predicted octanol–water partition coefficient (Wildman–Crippen LogP) is 2.38. The van der Waals surface area contributed by atoms with E-state index in [0.29, 0.717) is 12.6 Å². The zero-order valence-corrected chi connectivity index (χ0v) is 10.1. The van der Waals surface area contributed by atoms with Crippen molar-refractivity contribution in [3.8, 4) is 0 Å². The minimum absolute atomic E-state index is 0.345. The zero-order chi connectivity index (χ0) is 10.7. The molecule has 3 heteroatoms. The number of nitrogens with two attached hydrogens (primary N) is 1. The van der Waals surface area contributed by atoms with Gasteiger partial charge in [-0.3, -0.25) is 0 Å². The number of hydrogen-bond donors (Lipinski definition) is 2. The van der Waals surface area contributed by atoms with Gasteiger partial charge in [-0.1, -0.05) is 6.92 Å². The van der Waals surface area contributed by atoms with Crippen LogP contribution < -0.4 is 11.1 Å². The molecule has 3 N–H and O–H groups in total. The van der Waals surface area contributed by atoms with Crippen molar-refractivity contribution >= 4 is 11.3 Å². The van der Waals surface area contributed by atoms with Gasteiger partial charge in [0.05, 0.1) is 0 Å². The molecule has 15 heavy (non-hydrogen) atoms.